The molecule has 2 aromatic carbocycles. The van der Waals surface area contributed by atoms with Crippen LogP contribution in [0.4, 0.5) is 11.4 Å². The van der Waals surface area contributed by atoms with Gasteiger partial charge in [-0.2, -0.15) is 0 Å². The summed E-state index contributed by atoms with van der Waals surface area (Å²) in [5, 5.41) is 0.689. The lowest BCUT2D eigenvalue weighted by atomic mass is 9.79. The first-order valence-electron chi connectivity index (χ1n) is 12.9. The molecule has 0 bridgehead atoms. The molecule has 3 heterocycles. The number of fused-ring (bicyclic) bond motifs is 1. The number of para-hydroxylation sites is 1. The Hall–Kier alpha value is -3.38. The summed E-state index contributed by atoms with van der Waals surface area (Å²) in [4.78, 5) is 27.7. The van der Waals surface area contributed by atoms with Crippen LogP contribution in [0, 0.1) is 6.92 Å². The molecule has 1 saturated heterocycles. The molecular weight excluding hydrogens is 476 g/mol. The Kier molecular flexibility index (Phi) is 6.95. The summed E-state index contributed by atoms with van der Waals surface area (Å²) in [6.07, 6.45) is 6.70. The van der Waals surface area contributed by atoms with Crippen LogP contribution in [-0.2, 0) is 11.3 Å². The van der Waals surface area contributed by atoms with E-state index in [1.807, 2.05) is 42.5 Å². The number of hydrogen-bond donors (Lipinski definition) is 0. The number of aromatic nitrogens is 1. The minimum absolute atomic E-state index is 0.0231. The van der Waals surface area contributed by atoms with Gasteiger partial charge in [0.2, 0.25) is 0 Å². The van der Waals surface area contributed by atoms with Gasteiger partial charge in [-0.15, -0.1) is 0 Å². The van der Waals surface area contributed by atoms with E-state index < -0.39 is 0 Å². The first kappa shape index (κ1) is 25.3. The van der Waals surface area contributed by atoms with E-state index >= 15 is 0 Å². The summed E-state index contributed by atoms with van der Waals surface area (Å²) in [6, 6.07) is 18.3. The second-order valence-electron chi connectivity index (χ2n) is 10.5. The van der Waals surface area contributed by atoms with Crippen molar-refractivity contribution in [2.24, 2.45) is 4.99 Å². The fraction of sp³-hybridized carbons (Fsp3) is 0.323. The van der Waals surface area contributed by atoms with E-state index in [1.165, 1.54) is 28.6 Å². The number of carbonyl (C=O) groups excluding carboxylic acids is 1. The van der Waals surface area contributed by atoms with E-state index in [4.69, 9.17) is 4.99 Å². The number of carbonyl (C=O) groups is 1. The molecule has 6 heteroatoms. The van der Waals surface area contributed by atoms with Gasteiger partial charge < -0.3 is 4.90 Å². The van der Waals surface area contributed by atoms with Crippen LogP contribution in [0.1, 0.15) is 62.3 Å². The molecule has 0 saturated carbocycles. The zero-order chi connectivity index (χ0) is 26.2. The number of aryl methyl sites for hydroxylation is 1. The van der Waals surface area contributed by atoms with Gasteiger partial charge in [0.1, 0.15) is 0 Å². The van der Waals surface area contributed by atoms with Crippen LogP contribution in [-0.4, -0.2) is 33.0 Å². The Bertz CT molecular complexity index is 1360. The van der Waals surface area contributed by atoms with Gasteiger partial charge in [-0.3, -0.25) is 14.7 Å². The quantitative estimate of drug-likeness (QED) is 0.338. The number of anilines is 1. The van der Waals surface area contributed by atoms with Gasteiger partial charge in [0.05, 0.1) is 17.1 Å². The molecule has 1 fully saturated rings. The van der Waals surface area contributed by atoms with E-state index in [9.17, 15) is 4.79 Å². The summed E-state index contributed by atoms with van der Waals surface area (Å²) in [6.45, 7) is 12.8. The molecule has 190 valence electrons. The number of amidine groups is 1. The lowest BCUT2D eigenvalue weighted by molar-refractivity contribution is -0.122. The first-order chi connectivity index (χ1) is 17.8. The molecule has 0 aliphatic carbocycles. The predicted molar refractivity (Wildman–Crippen MR) is 155 cm³/mol. The third-order valence-electron chi connectivity index (χ3n) is 7.31. The van der Waals surface area contributed by atoms with Crippen molar-refractivity contribution >= 4 is 40.3 Å². The molecule has 2 aliphatic rings. The van der Waals surface area contributed by atoms with Crippen molar-refractivity contribution in [2.45, 2.75) is 59.0 Å². The second kappa shape index (κ2) is 10.2. The molecule has 3 aromatic rings. The van der Waals surface area contributed by atoms with Crippen LogP contribution >= 0.6 is 11.8 Å². The monoisotopic (exact) mass is 510 g/mol. The zero-order valence-electron chi connectivity index (χ0n) is 22.2. The maximum Gasteiger partial charge on any atom is 0.267 e. The molecule has 37 heavy (non-hydrogen) atoms. The van der Waals surface area contributed by atoms with Crippen LogP contribution in [0.15, 0.2) is 76.9 Å². The molecule has 0 radical (unpaired) electrons. The highest BCUT2D eigenvalue weighted by atomic mass is 32.2. The average Bonchev–Trinajstić information content (AvgIpc) is 3.15. The van der Waals surface area contributed by atoms with Gasteiger partial charge in [-0.05, 0) is 110 Å². The van der Waals surface area contributed by atoms with Crippen LogP contribution in [0.3, 0.4) is 0 Å². The van der Waals surface area contributed by atoms with Crippen LogP contribution in [0.5, 0.6) is 0 Å². The number of pyridine rings is 1. The average molecular weight is 511 g/mol. The summed E-state index contributed by atoms with van der Waals surface area (Å²) in [5.41, 5.74) is 6.88. The minimum atomic E-state index is -0.0231. The highest BCUT2D eigenvalue weighted by molar-refractivity contribution is 8.18. The van der Waals surface area contributed by atoms with E-state index in [2.05, 4.69) is 62.7 Å². The number of thioether (sulfide) groups is 1. The Morgan fingerprint density at radius 3 is 2.65 bits per heavy atom. The summed E-state index contributed by atoms with van der Waals surface area (Å²) in [5.74, 6) is 0.430. The van der Waals surface area contributed by atoms with Crippen LogP contribution in [0.2, 0.25) is 0 Å². The van der Waals surface area contributed by atoms with Crippen LogP contribution in [0.25, 0.3) is 6.08 Å². The molecule has 5 rings (SSSR count). The van der Waals surface area contributed by atoms with E-state index in [0.717, 1.165) is 29.8 Å². The fourth-order valence-corrected chi connectivity index (χ4v) is 6.55. The summed E-state index contributed by atoms with van der Waals surface area (Å²) in [7, 11) is 0. The number of rotatable bonds is 5. The number of amides is 1. The minimum Gasteiger partial charge on any atom is -0.366 e. The van der Waals surface area contributed by atoms with Crippen LogP contribution < -0.4 is 4.90 Å². The Balaban J connectivity index is 1.53. The van der Waals surface area contributed by atoms with Gasteiger partial charge in [-0.25, -0.2) is 4.99 Å². The molecule has 2 aliphatic heterocycles. The summed E-state index contributed by atoms with van der Waals surface area (Å²) < 4.78 is 0. The highest BCUT2D eigenvalue weighted by Gasteiger charge is 2.37. The fourth-order valence-electron chi connectivity index (χ4n) is 5.56. The Morgan fingerprint density at radius 2 is 1.95 bits per heavy atom. The smallest absolute Gasteiger partial charge is 0.267 e. The molecular formula is C31H34N4OS. The van der Waals surface area contributed by atoms with Crippen molar-refractivity contribution in [3.8, 4) is 0 Å². The molecule has 1 amide bonds. The van der Waals surface area contributed by atoms with Gasteiger partial charge in [0, 0.05) is 30.2 Å². The molecule has 1 atom stereocenters. The highest BCUT2D eigenvalue weighted by Crippen LogP contribution is 2.45. The van der Waals surface area contributed by atoms with Gasteiger partial charge >= 0.3 is 0 Å². The topological polar surface area (TPSA) is 48.8 Å². The molecule has 0 N–H and O–H groups in total. The molecule has 1 aromatic heterocycles. The number of benzene rings is 2. The Labute approximate surface area is 224 Å². The van der Waals surface area contributed by atoms with Crippen molar-refractivity contribution < 1.29 is 4.79 Å². The maximum absolute atomic E-state index is 13.7. The van der Waals surface area contributed by atoms with Crippen molar-refractivity contribution in [3.63, 3.8) is 0 Å². The SMILES string of the molecule is CCN1c2cc(C)c(/C=C3/SC(=Nc4ccccc4)N(Cc4cccnc4)C3=O)cc2C(C)CC1(C)C. The van der Waals surface area contributed by atoms with Crippen molar-refractivity contribution in [1.82, 2.24) is 9.88 Å². The van der Waals surface area contributed by atoms with E-state index in [0.29, 0.717) is 22.5 Å². The number of hydrogen-bond acceptors (Lipinski definition) is 5. The van der Waals surface area contributed by atoms with E-state index in [-0.39, 0.29) is 11.4 Å². The first-order valence-corrected chi connectivity index (χ1v) is 13.7. The zero-order valence-corrected chi connectivity index (χ0v) is 23.0. The van der Waals surface area contributed by atoms with Gasteiger partial charge in [-0.1, -0.05) is 31.2 Å². The van der Waals surface area contributed by atoms with Crippen molar-refractivity contribution in [3.05, 3.63) is 94.1 Å². The Morgan fingerprint density at radius 1 is 1.16 bits per heavy atom. The summed E-state index contributed by atoms with van der Waals surface area (Å²) >= 11 is 1.44. The largest absolute Gasteiger partial charge is 0.366 e. The van der Waals surface area contributed by atoms with Gasteiger partial charge in [0.15, 0.2) is 5.17 Å². The molecule has 0 spiro atoms. The van der Waals surface area contributed by atoms with E-state index in [1.54, 1.807) is 17.3 Å². The molecule has 5 nitrogen and oxygen atoms in total. The third-order valence-corrected chi connectivity index (χ3v) is 8.32. The third kappa shape index (κ3) is 5.08. The normalized spacial score (nSPS) is 21.1. The number of nitrogens with zero attached hydrogens (tertiary/aromatic N) is 4. The lowest BCUT2D eigenvalue weighted by Crippen LogP contribution is -2.48. The second-order valence-corrected chi connectivity index (χ2v) is 11.5. The lowest BCUT2D eigenvalue weighted by Gasteiger charge is -2.47. The number of aliphatic imine (C=N–C) groups is 1. The molecule has 1 unspecified atom stereocenters. The van der Waals surface area contributed by atoms with Gasteiger partial charge in [0.25, 0.3) is 5.91 Å². The van der Waals surface area contributed by atoms with Crippen molar-refractivity contribution in [1.29, 1.82) is 0 Å². The predicted octanol–water partition coefficient (Wildman–Crippen LogP) is 7.31. The maximum atomic E-state index is 13.7. The van der Waals surface area contributed by atoms with Crippen molar-refractivity contribution in [2.75, 3.05) is 11.4 Å². The standard InChI is InChI=1S/C31H34N4OS/c1-6-35-27-15-21(2)24(16-26(27)22(3)18-31(35,4)5)17-28-29(36)34(20-23-11-10-14-32-19-23)30(37-28)33-25-12-8-7-9-13-25/h7-17,19,22H,6,18,20H2,1-5H3/b28-17+,33-30?.